The van der Waals surface area contributed by atoms with Crippen LogP contribution in [-0.4, -0.2) is 46.1 Å². The zero-order valence-electron chi connectivity index (χ0n) is 11.2. The van der Waals surface area contributed by atoms with Crippen LogP contribution < -0.4 is 0 Å². The van der Waals surface area contributed by atoms with Crippen LogP contribution in [0.15, 0.2) is 0 Å². The Morgan fingerprint density at radius 1 is 1.22 bits per heavy atom. The van der Waals surface area contributed by atoms with Gasteiger partial charge in [0.2, 0.25) is 0 Å². The number of carbonyl (C=O) groups excluding carboxylic acids is 1. The molecule has 1 N–H and O–H groups in total. The van der Waals surface area contributed by atoms with E-state index in [-0.39, 0.29) is 18.2 Å². The van der Waals surface area contributed by atoms with Crippen LogP contribution >= 0.6 is 0 Å². The van der Waals surface area contributed by atoms with Crippen LogP contribution in [0.5, 0.6) is 0 Å². The Bertz CT molecular complexity index is 299. The molecule has 2 saturated heterocycles. The Morgan fingerprint density at radius 2 is 1.72 bits per heavy atom. The molecule has 0 spiro atoms. The summed E-state index contributed by atoms with van der Waals surface area (Å²) in [5, 5.41) is 9.73. The number of hydrogen-bond acceptors (Lipinski definition) is 3. The van der Waals surface area contributed by atoms with E-state index >= 15 is 0 Å². The molecule has 2 aliphatic rings. The van der Waals surface area contributed by atoms with Crippen molar-refractivity contribution in [2.45, 2.75) is 76.4 Å². The highest BCUT2D eigenvalue weighted by Gasteiger charge is 2.45. The number of halogens is 1. The lowest BCUT2D eigenvalue weighted by molar-refractivity contribution is -0.0599. The maximum Gasteiger partial charge on any atom is 0.410 e. The molecule has 2 aliphatic heterocycles. The maximum absolute atomic E-state index is 13.5. The molecule has 2 rings (SSSR count). The Hall–Kier alpha value is -0.840. The second kappa shape index (κ2) is 4.68. The number of rotatable bonds is 0. The van der Waals surface area contributed by atoms with Gasteiger partial charge in [0.1, 0.15) is 11.8 Å². The summed E-state index contributed by atoms with van der Waals surface area (Å²) < 4.78 is 18.9. The predicted molar refractivity (Wildman–Crippen MR) is 65.0 cm³/mol. The lowest BCUT2D eigenvalue weighted by atomic mass is 9.82. The van der Waals surface area contributed by atoms with E-state index < -0.39 is 17.9 Å². The number of aliphatic hydroxyl groups is 1. The van der Waals surface area contributed by atoms with Gasteiger partial charge in [-0.2, -0.15) is 0 Å². The molecular formula is C13H22FNO3. The van der Waals surface area contributed by atoms with Gasteiger partial charge in [-0.25, -0.2) is 9.18 Å². The van der Waals surface area contributed by atoms with E-state index in [9.17, 15) is 14.3 Å². The van der Waals surface area contributed by atoms with Gasteiger partial charge in [-0.3, -0.25) is 0 Å². The maximum atomic E-state index is 13.5. The Labute approximate surface area is 107 Å². The third-order valence-corrected chi connectivity index (χ3v) is 3.54. The van der Waals surface area contributed by atoms with Crippen molar-refractivity contribution in [1.29, 1.82) is 0 Å². The van der Waals surface area contributed by atoms with Gasteiger partial charge < -0.3 is 14.7 Å². The summed E-state index contributed by atoms with van der Waals surface area (Å²) in [7, 11) is 0. The molecule has 0 aromatic carbocycles. The second-order valence-corrected chi connectivity index (χ2v) is 6.39. The van der Waals surface area contributed by atoms with Crippen molar-refractivity contribution in [3.05, 3.63) is 0 Å². The van der Waals surface area contributed by atoms with Crippen LogP contribution in [0.2, 0.25) is 0 Å². The Morgan fingerprint density at radius 3 is 2.17 bits per heavy atom. The highest BCUT2D eigenvalue weighted by atomic mass is 19.1. The lowest BCUT2D eigenvalue weighted by Gasteiger charge is -2.48. The molecule has 2 atom stereocenters. The fourth-order valence-corrected chi connectivity index (χ4v) is 2.97. The number of carbonyl (C=O) groups is 1. The average Bonchev–Trinajstić information content (AvgIpc) is 2.11. The van der Waals surface area contributed by atoms with Gasteiger partial charge in [-0.1, -0.05) is 0 Å². The number of piperidine rings is 2. The van der Waals surface area contributed by atoms with E-state index in [1.54, 1.807) is 4.90 Å². The number of amides is 1. The van der Waals surface area contributed by atoms with Crippen molar-refractivity contribution in [3.63, 3.8) is 0 Å². The molecule has 0 aliphatic carbocycles. The average molecular weight is 259 g/mol. The highest BCUT2D eigenvalue weighted by molar-refractivity contribution is 5.69. The molecule has 18 heavy (non-hydrogen) atoms. The van der Waals surface area contributed by atoms with E-state index in [2.05, 4.69) is 0 Å². The van der Waals surface area contributed by atoms with Crippen LogP contribution in [-0.2, 0) is 4.74 Å². The number of nitrogens with zero attached hydrogens (tertiary/aromatic N) is 1. The third kappa shape index (κ3) is 2.94. The zero-order chi connectivity index (χ0) is 13.5. The van der Waals surface area contributed by atoms with Crippen molar-refractivity contribution >= 4 is 6.09 Å². The molecule has 4 nitrogen and oxygen atoms in total. The summed E-state index contributed by atoms with van der Waals surface area (Å²) in [5.74, 6) is 0. The molecule has 0 aromatic rings. The van der Waals surface area contributed by atoms with Gasteiger partial charge in [0.05, 0.1) is 6.10 Å². The van der Waals surface area contributed by atoms with Crippen LogP contribution in [0.3, 0.4) is 0 Å². The molecule has 0 saturated carbocycles. The first-order valence-electron chi connectivity index (χ1n) is 6.59. The standard InChI is InChI=1S/C13H22FNO3/c1-13(2,3)18-12(17)15-9-4-8(14)5-10(15)7-11(16)6-9/h8-11,16H,4-7H2,1-3H3. The van der Waals surface area contributed by atoms with Crippen molar-refractivity contribution in [2.75, 3.05) is 0 Å². The zero-order valence-corrected chi connectivity index (χ0v) is 11.2. The molecule has 0 aromatic heterocycles. The van der Waals surface area contributed by atoms with Crippen LogP contribution in [0.1, 0.15) is 46.5 Å². The van der Waals surface area contributed by atoms with Crippen LogP contribution in [0.25, 0.3) is 0 Å². The topological polar surface area (TPSA) is 49.8 Å². The summed E-state index contributed by atoms with van der Waals surface area (Å²) >= 11 is 0. The fourth-order valence-electron chi connectivity index (χ4n) is 2.97. The number of aliphatic hydroxyl groups excluding tert-OH is 1. The van der Waals surface area contributed by atoms with Gasteiger partial charge in [-0.15, -0.1) is 0 Å². The molecule has 2 heterocycles. The van der Waals surface area contributed by atoms with Gasteiger partial charge in [0.15, 0.2) is 0 Å². The van der Waals surface area contributed by atoms with Crippen molar-refractivity contribution < 1.29 is 19.0 Å². The minimum Gasteiger partial charge on any atom is -0.444 e. The number of fused-ring (bicyclic) bond motifs is 2. The third-order valence-electron chi connectivity index (χ3n) is 3.54. The van der Waals surface area contributed by atoms with Crippen LogP contribution in [0, 0.1) is 0 Å². The second-order valence-electron chi connectivity index (χ2n) is 6.39. The largest absolute Gasteiger partial charge is 0.444 e. The fraction of sp³-hybridized carbons (Fsp3) is 0.923. The molecule has 2 bridgehead atoms. The molecular weight excluding hydrogens is 237 g/mol. The monoisotopic (exact) mass is 259 g/mol. The summed E-state index contributed by atoms with van der Waals surface area (Å²) in [5.41, 5.74) is -0.545. The van der Waals surface area contributed by atoms with Crippen molar-refractivity contribution in [2.24, 2.45) is 0 Å². The van der Waals surface area contributed by atoms with Crippen molar-refractivity contribution in [1.82, 2.24) is 4.90 Å². The van der Waals surface area contributed by atoms with E-state index in [4.69, 9.17) is 4.74 Å². The first kappa shape index (κ1) is 13.6. The first-order valence-corrected chi connectivity index (χ1v) is 6.59. The highest BCUT2D eigenvalue weighted by Crippen LogP contribution is 2.36. The summed E-state index contributed by atoms with van der Waals surface area (Å²) in [6.07, 6.45) is -0.139. The Balaban J connectivity index is 2.10. The van der Waals surface area contributed by atoms with Crippen molar-refractivity contribution in [3.8, 4) is 0 Å². The van der Waals surface area contributed by atoms with E-state index in [1.165, 1.54) is 0 Å². The number of alkyl halides is 1. The minimum absolute atomic E-state index is 0.225. The van der Waals surface area contributed by atoms with E-state index in [1.807, 2.05) is 20.8 Å². The normalized spacial score (nSPS) is 36.4. The SMILES string of the molecule is CC(C)(C)OC(=O)N1C2CC(O)CC1CC(F)C2. The van der Waals surface area contributed by atoms with Gasteiger partial charge >= 0.3 is 6.09 Å². The van der Waals surface area contributed by atoms with E-state index in [0.717, 1.165) is 0 Å². The summed E-state index contributed by atoms with van der Waals surface area (Å²) in [6, 6.07) is -0.449. The molecule has 0 radical (unpaired) electrons. The predicted octanol–water partition coefficient (Wildman–Crippen LogP) is 2.25. The van der Waals surface area contributed by atoms with Gasteiger partial charge in [-0.05, 0) is 46.5 Å². The summed E-state index contributed by atoms with van der Waals surface area (Å²) in [6.45, 7) is 5.45. The first-order chi connectivity index (χ1) is 8.26. The van der Waals surface area contributed by atoms with E-state index in [0.29, 0.717) is 25.7 Å². The summed E-state index contributed by atoms with van der Waals surface area (Å²) in [4.78, 5) is 13.8. The van der Waals surface area contributed by atoms with Crippen LogP contribution in [0.4, 0.5) is 9.18 Å². The molecule has 2 unspecified atom stereocenters. The molecule has 1 amide bonds. The number of hydrogen-bond donors (Lipinski definition) is 1. The number of ether oxygens (including phenoxy) is 1. The van der Waals surface area contributed by atoms with Gasteiger partial charge in [0.25, 0.3) is 0 Å². The molecule has 104 valence electrons. The lowest BCUT2D eigenvalue weighted by Crippen LogP contribution is -2.59. The molecule has 5 heteroatoms. The van der Waals surface area contributed by atoms with Gasteiger partial charge in [0, 0.05) is 12.1 Å². The molecule has 2 fully saturated rings. The quantitative estimate of drug-likeness (QED) is 0.726. The smallest absolute Gasteiger partial charge is 0.410 e. The Kier molecular flexibility index (Phi) is 3.54. The minimum atomic E-state index is -0.869.